The quantitative estimate of drug-likeness (QED) is 0.893. The number of fused-ring (bicyclic) bond motifs is 1. The predicted octanol–water partition coefficient (Wildman–Crippen LogP) is 1.87. The largest absolute Gasteiger partial charge is 0.381 e. The Morgan fingerprint density at radius 2 is 2.10 bits per heavy atom. The molecule has 2 aliphatic rings. The molecule has 3 N–H and O–H groups in total. The van der Waals surface area contributed by atoms with E-state index in [1.165, 1.54) is 0 Å². The summed E-state index contributed by atoms with van der Waals surface area (Å²) in [4.78, 5) is 0.184. The van der Waals surface area contributed by atoms with Crippen LogP contribution in [0.2, 0.25) is 0 Å². The Morgan fingerprint density at radius 3 is 2.76 bits per heavy atom. The summed E-state index contributed by atoms with van der Waals surface area (Å²) in [5, 5.41) is 8.79. The molecule has 3 rings (SSSR count). The van der Waals surface area contributed by atoms with Crippen LogP contribution in [0.4, 0.5) is 5.69 Å². The van der Waals surface area contributed by atoms with Gasteiger partial charge in [0.05, 0.1) is 11.0 Å². The van der Waals surface area contributed by atoms with Crippen LogP contribution < -0.4 is 10.5 Å². The molecule has 3 unspecified atom stereocenters. The van der Waals surface area contributed by atoms with Gasteiger partial charge in [0.15, 0.2) is 0 Å². The molecule has 5 nitrogen and oxygen atoms in total. The molecule has 0 amide bonds. The molecule has 1 saturated carbocycles. The van der Waals surface area contributed by atoms with Crippen molar-refractivity contribution in [3.8, 4) is 0 Å². The fraction of sp³-hybridized carbons (Fsp3) is 0.600. The summed E-state index contributed by atoms with van der Waals surface area (Å²) >= 11 is 0. The SMILES string of the molecule is Cc1c(NC2C3CCOC3C2(C)C)cccc1S(N)(=O)=O. The number of sulfonamides is 1. The first-order chi connectivity index (χ1) is 9.73. The summed E-state index contributed by atoms with van der Waals surface area (Å²) < 4.78 is 29.0. The zero-order valence-corrected chi connectivity index (χ0v) is 13.4. The van der Waals surface area contributed by atoms with Gasteiger partial charge in [-0.15, -0.1) is 0 Å². The summed E-state index contributed by atoms with van der Waals surface area (Å²) in [6.07, 6.45) is 1.36. The van der Waals surface area contributed by atoms with E-state index in [1.54, 1.807) is 19.1 Å². The average Bonchev–Trinajstić information content (AvgIpc) is 2.82. The molecule has 1 aliphatic carbocycles. The molecule has 116 valence electrons. The Kier molecular flexibility index (Phi) is 3.31. The smallest absolute Gasteiger partial charge is 0.238 e. The van der Waals surface area contributed by atoms with Crippen LogP contribution in [0.5, 0.6) is 0 Å². The van der Waals surface area contributed by atoms with Gasteiger partial charge in [-0.2, -0.15) is 0 Å². The van der Waals surface area contributed by atoms with E-state index in [9.17, 15) is 8.42 Å². The summed E-state index contributed by atoms with van der Waals surface area (Å²) in [5.74, 6) is 0.498. The zero-order chi connectivity index (χ0) is 15.4. The molecule has 2 fully saturated rings. The molecule has 1 aliphatic heterocycles. The van der Waals surface area contributed by atoms with Crippen LogP contribution in [0, 0.1) is 18.3 Å². The fourth-order valence-corrected chi connectivity index (χ4v) is 4.67. The molecule has 1 saturated heterocycles. The number of benzene rings is 1. The van der Waals surface area contributed by atoms with E-state index in [2.05, 4.69) is 19.2 Å². The van der Waals surface area contributed by atoms with Crippen molar-refractivity contribution in [2.24, 2.45) is 16.5 Å². The van der Waals surface area contributed by atoms with E-state index in [0.29, 0.717) is 23.6 Å². The molecule has 1 aromatic carbocycles. The van der Waals surface area contributed by atoms with Crippen molar-refractivity contribution in [2.45, 2.75) is 44.2 Å². The zero-order valence-electron chi connectivity index (χ0n) is 12.6. The first-order valence-electron chi connectivity index (χ1n) is 7.23. The van der Waals surface area contributed by atoms with Gasteiger partial charge < -0.3 is 10.1 Å². The number of hydrogen-bond donors (Lipinski definition) is 2. The van der Waals surface area contributed by atoms with E-state index in [1.807, 2.05) is 6.07 Å². The Morgan fingerprint density at radius 1 is 1.38 bits per heavy atom. The lowest BCUT2D eigenvalue weighted by Gasteiger charge is -2.55. The van der Waals surface area contributed by atoms with Crippen molar-refractivity contribution in [3.05, 3.63) is 23.8 Å². The first kappa shape index (κ1) is 14.8. The number of nitrogens with two attached hydrogens (primary N) is 1. The van der Waals surface area contributed by atoms with Gasteiger partial charge in [-0.1, -0.05) is 19.9 Å². The monoisotopic (exact) mass is 310 g/mol. The number of rotatable bonds is 3. The van der Waals surface area contributed by atoms with Crippen LogP contribution in [0.15, 0.2) is 23.1 Å². The molecule has 0 bridgehead atoms. The van der Waals surface area contributed by atoms with Gasteiger partial charge in [0, 0.05) is 29.7 Å². The predicted molar refractivity (Wildman–Crippen MR) is 81.6 cm³/mol. The van der Waals surface area contributed by atoms with Crippen molar-refractivity contribution < 1.29 is 13.2 Å². The number of primary sulfonamides is 1. The second-order valence-electron chi connectivity index (χ2n) is 6.66. The maximum atomic E-state index is 11.6. The van der Waals surface area contributed by atoms with Crippen LogP contribution in [-0.4, -0.2) is 27.2 Å². The van der Waals surface area contributed by atoms with Gasteiger partial charge in [-0.05, 0) is 31.0 Å². The molecule has 0 radical (unpaired) electrons. The molecule has 6 heteroatoms. The highest BCUT2D eigenvalue weighted by Gasteiger charge is 2.59. The second kappa shape index (κ2) is 4.69. The van der Waals surface area contributed by atoms with E-state index in [4.69, 9.17) is 9.88 Å². The third-order valence-electron chi connectivity index (χ3n) is 5.00. The van der Waals surface area contributed by atoms with E-state index in [0.717, 1.165) is 18.7 Å². The van der Waals surface area contributed by atoms with Crippen molar-refractivity contribution in [3.63, 3.8) is 0 Å². The standard InChI is InChI=1S/C15H22N2O3S/c1-9-11(5-4-6-12(9)21(16,18)19)17-13-10-7-8-20-14(10)15(13,2)3/h4-6,10,13-14,17H,7-8H2,1-3H3,(H2,16,18,19). The molecule has 21 heavy (non-hydrogen) atoms. The molecular weight excluding hydrogens is 288 g/mol. The third kappa shape index (κ3) is 2.25. The van der Waals surface area contributed by atoms with Crippen molar-refractivity contribution in [2.75, 3.05) is 11.9 Å². The molecule has 3 atom stereocenters. The topological polar surface area (TPSA) is 81.4 Å². The normalized spacial score (nSPS) is 30.6. The minimum atomic E-state index is -3.69. The lowest BCUT2D eigenvalue weighted by atomic mass is 9.57. The molecule has 0 aromatic heterocycles. The van der Waals surface area contributed by atoms with Crippen LogP contribution in [-0.2, 0) is 14.8 Å². The highest BCUT2D eigenvalue weighted by molar-refractivity contribution is 7.89. The minimum absolute atomic E-state index is 0.0468. The Balaban J connectivity index is 1.90. The second-order valence-corrected chi connectivity index (χ2v) is 8.19. The van der Waals surface area contributed by atoms with E-state index < -0.39 is 10.0 Å². The van der Waals surface area contributed by atoms with Gasteiger partial charge in [-0.3, -0.25) is 0 Å². The highest BCUT2D eigenvalue weighted by atomic mass is 32.2. The molecule has 1 aromatic rings. The van der Waals surface area contributed by atoms with Crippen LogP contribution >= 0.6 is 0 Å². The average molecular weight is 310 g/mol. The van der Waals surface area contributed by atoms with Gasteiger partial charge in [0.2, 0.25) is 10.0 Å². The van der Waals surface area contributed by atoms with Gasteiger partial charge in [-0.25, -0.2) is 13.6 Å². The van der Waals surface area contributed by atoms with Crippen LogP contribution in [0.3, 0.4) is 0 Å². The van der Waals surface area contributed by atoms with Crippen molar-refractivity contribution in [1.29, 1.82) is 0 Å². The van der Waals surface area contributed by atoms with Crippen molar-refractivity contribution >= 4 is 15.7 Å². The number of nitrogens with one attached hydrogen (secondary N) is 1. The van der Waals surface area contributed by atoms with Gasteiger partial charge in [0.1, 0.15) is 0 Å². The van der Waals surface area contributed by atoms with Crippen LogP contribution in [0.1, 0.15) is 25.8 Å². The highest BCUT2D eigenvalue weighted by Crippen LogP contribution is 2.53. The maximum absolute atomic E-state index is 11.6. The number of ether oxygens (including phenoxy) is 1. The third-order valence-corrected chi connectivity index (χ3v) is 6.06. The van der Waals surface area contributed by atoms with Gasteiger partial charge >= 0.3 is 0 Å². The number of anilines is 1. The summed E-state index contributed by atoms with van der Waals surface area (Å²) in [7, 11) is -3.69. The lowest BCUT2D eigenvalue weighted by Crippen LogP contribution is -2.63. The fourth-order valence-electron chi connectivity index (χ4n) is 3.86. The Bertz CT molecular complexity index is 669. The summed E-state index contributed by atoms with van der Waals surface area (Å²) in [5.41, 5.74) is 1.56. The minimum Gasteiger partial charge on any atom is -0.381 e. The Hall–Kier alpha value is -1.11. The van der Waals surface area contributed by atoms with Crippen molar-refractivity contribution in [1.82, 2.24) is 0 Å². The van der Waals surface area contributed by atoms with E-state index in [-0.39, 0.29) is 10.3 Å². The molecule has 1 heterocycles. The summed E-state index contributed by atoms with van der Waals surface area (Å²) in [6, 6.07) is 5.47. The molecule has 0 spiro atoms. The lowest BCUT2D eigenvalue weighted by molar-refractivity contribution is -0.0923. The van der Waals surface area contributed by atoms with Crippen LogP contribution in [0.25, 0.3) is 0 Å². The van der Waals surface area contributed by atoms with E-state index >= 15 is 0 Å². The van der Waals surface area contributed by atoms with Gasteiger partial charge in [0.25, 0.3) is 0 Å². The Labute approximate surface area is 125 Å². The summed E-state index contributed by atoms with van der Waals surface area (Å²) in [6.45, 7) is 6.98. The maximum Gasteiger partial charge on any atom is 0.238 e. The molecular formula is C15H22N2O3S. The number of hydrogen-bond acceptors (Lipinski definition) is 4. The first-order valence-corrected chi connectivity index (χ1v) is 8.78.